The number of likely N-dealkylation sites (N-methyl/N-ethyl adjacent to an activating group) is 1. The van der Waals surface area contributed by atoms with Crippen LogP contribution in [0.1, 0.15) is 25.3 Å². The highest BCUT2D eigenvalue weighted by Crippen LogP contribution is 2.30. The Morgan fingerprint density at radius 2 is 2.09 bits per heavy atom. The Bertz CT molecular complexity index is 500. The number of hydrogen-bond acceptors (Lipinski definition) is 3. The highest BCUT2D eigenvalue weighted by Gasteiger charge is 2.22. The fourth-order valence-corrected chi connectivity index (χ4v) is 2.21. The van der Waals surface area contributed by atoms with Gasteiger partial charge in [-0.1, -0.05) is 25.1 Å². The molecular formula is C18H30N4O. The van der Waals surface area contributed by atoms with Crippen LogP contribution in [0.15, 0.2) is 29.3 Å². The Morgan fingerprint density at radius 3 is 2.78 bits per heavy atom. The van der Waals surface area contributed by atoms with Crippen molar-refractivity contribution in [1.29, 1.82) is 0 Å². The minimum Gasteiger partial charge on any atom is -0.493 e. The monoisotopic (exact) mass is 318 g/mol. The molecule has 23 heavy (non-hydrogen) atoms. The van der Waals surface area contributed by atoms with Gasteiger partial charge in [-0.15, -0.1) is 0 Å². The Kier molecular flexibility index (Phi) is 7.20. The van der Waals surface area contributed by atoms with Gasteiger partial charge in [0.2, 0.25) is 0 Å². The molecule has 0 atom stereocenters. The number of guanidine groups is 1. The molecule has 1 aromatic carbocycles. The van der Waals surface area contributed by atoms with Crippen molar-refractivity contribution in [2.75, 3.05) is 40.3 Å². The summed E-state index contributed by atoms with van der Waals surface area (Å²) < 4.78 is 5.95. The SMILES string of the molecule is CCN(C)CCNC(=NC)NCc1ccccc1OCC1CC1. The largest absolute Gasteiger partial charge is 0.493 e. The van der Waals surface area contributed by atoms with E-state index in [1.54, 1.807) is 7.05 Å². The molecule has 1 aliphatic rings. The van der Waals surface area contributed by atoms with Gasteiger partial charge < -0.3 is 20.3 Å². The summed E-state index contributed by atoms with van der Waals surface area (Å²) in [7, 11) is 3.92. The van der Waals surface area contributed by atoms with E-state index in [2.05, 4.69) is 40.6 Å². The fourth-order valence-electron chi connectivity index (χ4n) is 2.21. The summed E-state index contributed by atoms with van der Waals surface area (Å²) in [6.45, 7) is 6.64. The number of nitrogens with one attached hydrogen (secondary N) is 2. The first kappa shape index (κ1) is 17.6. The first-order valence-electron chi connectivity index (χ1n) is 8.56. The van der Waals surface area contributed by atoms with Crippen LogP contribution in [0.2, 0.25) is 0 Å². The first-order valence-corrected chi connectivity index (χ1v) is 8.56. The third kappa shape index (κ3) is 6.48. The van der Waals surface area contributed by atoms with Gasteiger partial charge in [-0.3, -0.25) is 4.99 Å². The fraction of sp³-hybridized carbons (Fsp3) is 0.611. The summed E-state index contributed by atoms with van der Waals surface area (Å²) in [5.74, 6) is 2.57. The van der Waals surface area contributed by atoms with Gasteiger partial charge in [0.1, 0.15) is 5.75 Å². The van der Waals surface area contributed by atoms with Crippen molar-refractivity contribution < 1.29 is 4.74 Å². The van der Waals surface area contributed by atoms with Crippen LogP contribution in [0, 0.1) is 5.92 Å². The van der Waals surface area contributed by atoms with Gasteiger partial charge in [-0.05, 0) is 38.4 Å². The maximum Gasteiger partial charge on any atom is 0.191 e. The first-order chi connectivity index (χ1) is 11.2. The van der Waals surface area contributed by atoms with Crippen molar-refractivity contribution in [3.05, 3.63) is 29.8 Å². The molecule has 5 nitrogen and oxygen atoms in total. The van der Waals surface area contributed by atoms with E-state index in [1.807, 2.05) is 18.2 Å². The summed E-state index contributed by atoms with van der Waals surface area (Å²) in [5, 5.41) is 6.70. The summed E-state index contributed by atoms with van der Waals surface area (Å²) in [6.07, 6.45) is 2.62. The van der Waals surface area contributed by atoms with E-state index in [0.29, 0.717) is 6.54 Å². The van der Waals surface area contributed by atoms with Gasteiger partial charge >= 0.3 is 0 Å². The summed E-state index contributed by atoms with van der Waals surface area (Å²) >= 11 is 0. The lowest BCUT2D eigenvalue weighted by atomic mass is 10.2. The number of nitrogens with zero attached hydrogens (tertiary/aromatic N) is 2. The predicted molar refractivity (Wildman–Crippen MR) is 96.0 cm³/mol. The van der Waals surface area contributed by atoms with Crippen molar-refractivity contribution in [1.82, 2.24) is 15.5 Å². The number of rotatable bonds is 9. The van der Waals surface area contributed by atoms with E-state index in [9.17, 15) is 0 Å². The second kappa shape index (κ2) is 9.40. The lowest BCUT2D eigenvalue weighted by Crippen LogP contribution is -2.40. The molecule has 0 unspecified atom stereocenters. The molecule has 0 saturated heterocycles. The molecule has 0 aliphatic heterocycles. The number of hydrogen-bond donors (Lipinski definition) is 2. The summed E-state index contributed by atoms with van der Waals surface area (Å²) in [4.78, 5) is 6.54. The van der Waals surface area contributed by atoms with Crippen LogP contribution in [-0.4, -0.2) is 51.2 Å². The van der Waals surface area contributed by atoms with Crippen molar-refractivity contribution >= 4 is 5.96 Å². The van der Waals surface area contributed by atoms with Crippen LogP contribution >= 0.6 is 0 Å². The highest BCUT2D eigenvalue weighted by molar-refractivity contribution is 5.79. The Morgan fingerprint density at radius 1 is 1.30 bits per heavy atom. The topological polar surface area (TPSA) is 48.9 Å². The van der Waals surface area contributed by atoms with Crippen molar-refractivity contribution in [3.8, 4) is 5.75 Å². The van der Waals surface area contributed by atoms with Crippen LogP contribution in [0.25, 0.3) is 0 Å². The quantitative estimate of drug-likeness (QED) is 0.541. The molecule has 1 aromatic rings. The maximum atomic E-state index is 5.95. The van der Waals surface area contributed by atoms with E-state index in [-0.39, 0.29) is 0 Å². The zero-order chi connectivity index (χ0) is 16.5. The lowest BCUT2D eigenvalue weighted by Gasteiger charge is -2.17. The number of benzene rings is 1. The normalized spacial score (nSPS) is 14.9. The minimum atomic E-state index is 0.712. The van der Waals surface area contributed by atoms with Gasteiger partial charge in [-0.25, -0.2) is 0 Å². The predicted octanol–water partition coefficient (Wildman–Crippen LogP) is 2.09. The second-order valence-electron chi connectivity index (χ2n) is 6.11. The molecule has 128 valence electrons. The molecule has 0 spiro atoms. The smallest absolute Gasteiger partial charge is 0.191 e. The van der Waals surface area contributed by atoms with E-state index in [1.165, 1.54) is 18.4 Å². The van der Waals surface area contributed by atoms with Gasteiger partial charge in [0.25, 0.3) is 0 Å². The molecule has 1 saturated carbocycles. The van der Waals surface area contributed by atoms with E-state index in [4.69, 9.17) is 4.74 Å². The summed E-state index contributed by atoms with van der Waals surface area (Å²) in [6, 6.07) is 8.23. The summed E-state index contributed by atoms with van der Waals surface area (Å²) in [5.41, 5.74) is 1.17. The van der Waals surface area contributed by atoms with Crippen molar-refractivity contribution in [2.24, 2.45) is 10.9 Å². The van der Waals surface area contributed by atoms with Crippen LogP contribution in [0.3, 0.4) is 0 Å². The third-order valence-electron chi connectivity index (χ3n) is 4.14. The van der Waals surface area contributed by atoms with Crippen LogP contribution in [-0.2, 0) is 6.54 Å². The molecule has 2 N–H and O–H groups in total. The molecule has 5 heteroatoms. The van der Waals surface area contributed by atoms with Gasteiger partial charge in [-0.2, -0.15) is 0 Å². The average Bonchev–Trinajstić information content (AvgIpc) is 3.40. The molecule has 0 amide bonds. The van der Waals surface area contributed by atoms with E-state index >= 15 is 0 Å². The molecule has 0 aromatic heterocycles. The molecule has 0 heterocycles. The van der Waals surface area contributed by atoms with Gasteiger partial charge in [0.05, 0.1) is 6.61 Å². The van der Waals surface area contributed by atoms with Crippen LogP contribution < -0.4 is 15.4 Å². The molecule has 1 aliphatic carbocycles. The van der Waals surface area contributed by atoms with Crippen molar-refractivity contribution in [3.63, 3.8) is 0 Å². The Balaban J connectivity index is 1.78. The maximum absolute atomic E-state index is 5.95. The molecule has 0 radical (unpaired) electrons. The average molecular weight is 318 g/mol. The van der Waals surface area contributed by atoms with Crippen LogP contribution in [0.5, 0.6) is 5.75 Å². The van der Waals surface area contributed by atoms with Gasteiger partial charge in [0, 0.05) is 32.2 Å². The van der Waals surface area contributed by atoms with Crippen LogP contribution in [0.4, 0.5) is 0 Å². The van der Waals surface area contributed by atoms with E-state index in [0.717, 1.165) is 43.9 Å². The van der Waals surface area contributed by atoms with Gasteiger partial charge in [0.15, 0.2) is 5.96 Å². The number of para-hydroxylation sites is 1. The Hall–Kier alpha value is -1.75. The minimum absolute atomic E-state index is 0.712. The number of ether oxygens (including phenoxy) is 1. The highest BCUT2D eigenvalue weighted by atomic mass is 16.5. The zero-order valence-electron chi connectivity index (χ0n) is 14.6. The lowest BCUT2D eigenvalue weighted by molar-refractivity contribution is 0.296. The molecule has 0 bridgehead atoms. The van der Waals surface area contributed by atoms with Crippen molar-refractivity contribution in [2.45, 2.75) is 26.3 Å². The number of aliphatic imine (C=N–C) groups is 1. The molecule has 2 rings (SSSR count). The standard InChI is InChI=1S/C18H30N4O/c1-4-22(3)12-11-20-18(19-2)21-13-16-7-5-6-8-17(16)23-14-15-9-10-15/h5-8,15H,4,9-14H2,1-3H3,(H2,19,20,21). The zero-order valence-corrected chi connectivity index (χ0v) is 14.6. The Labute approximate surface area is 140 Å². The molecular weight excluding hydrogens is 288 g/mol. The second-order valence-corrected chi connectivity index (χ2v) is 6.11. The van der Waals surface area contributed by atoms with E-state index < -0.39 is 0 Å². The molecule has 1 fully saturated rings. The third-order valence-corrected chi connectivity index (χ3v) is 4.14.